The molecule has 0 aliphatic heterocycles. The molecule has 0 amide bonds. The van der Waals surface area contributed by atoms with Crippen LogP contribution >= 0.6 is 11.3 Å². The van der Waals surface area contributed by atoms with Crippen LogP contribution in [0.3, 0.4) is 0 Å². The second-order valence-corrected chi connectivity index (χ2v) is 7.49. The van der Waals surface area contributed by atoms with Gasteiger partial charge in [0.25, 0.3) is 0 Å². The number of hydrogen-bond donors (Lipinski definition) is 0. The first-order valence-electron chi connectivity index (χ1n) is 7.78. The highest BCUT2D eigenvalue weighted by Crippen LogP contribution is 2.49. The number of aromatic nitrogens is 1. The van der Waals surface area contributed by atoms with Crippen molar-refractivity contribution in [1.29, 1.82) is 0 Å². The van der Waals surface area contributed by atoms with Gasteiger partial charge in [0.1, 0.15) is 11.6 Å². The maximum Gasteiger partial charge on any atom is 0.306 e. The van der Waals surface area contributed by atoms with Gasteiger partial charge in [-0.1, -0.05) is 18.6 Å². The summed E-state index contributed by atoms with van der Waals surface area (Å²) in [5.74, 6) is 2.19. The second kappa shape index (κ2) is 5.41. The second-order valence-electron chi connectivity index (χ2n) is 6.38. The van der Waals surface area contributed by atoms with Gasteiger partial charge in [-0.2, -0.15) is 0 Å². The molecule has 0 saturated heterocycles. The van der Waals surface area contributed by atoms with Crippen LogP contribution in [0, 0.1) is 17.8 Å². The van der Waals surface area contributed by atoms with Crippen molar-refractivity contribution < 1.29 is 9.53 Å². The first-order chi connectivity index (χ1) is 10.3. The molecule has 4 heteroatoms. The van der Waals surface area contributed by atoms with Gasteiger partial charge >= 0.3 is 5.97 Å². The molecule has 0 spiro atoms. The number of benzene rings is 1. The van der Waals surface area contributed by atoms with E-state index in [9.17, 15) is 4.79 Å². The minimum absolute atomic E-state index is 0.0493. The van der Waals surface area contributed by atoms with E-state index < -0.39 is 0 Å². The summed E-state index contributed by atoms with van der Waals surface area (Å²) in [5.41, 5.74) is 0.988. The predicted octanol–water partition coefficient (Wildman–Crippen LogP) is 4.17. The molecular formula is C17H19NO2S. The zero-order chi connectivity index (χ0) is 14.2. The summed E-state index contributed by atoms with van der Waals surface area (Å²) in [4.78, 5) is 16.5. The molecule has 1 aromatic carbocycles. The Balaban J connectivity index is 1.32. The fourth-order valence-corrected chi connectivity index (χ4v) is 4.90. The van der Waals surface area contributed by atoms with Gasteiger partial charge in [0, 0.05) is 6.42 Å². The molecule has 3 atom stereocenters. The lowest BCUT2D eigenvalue weighted by Crippen LogP contribution is -2.16. The maximum absolute atomic E-state index is 12.0. The Morgan fingerprint density at radius 1 is 1.29 bits per heavy atom. The molecule has 2 bridgehead atoms. The number of ether oxygens (including phenoxy) is 1. The number of nitrogens with zero attached hydrogens (tertiary/aromatic N) is 1. The van der Waals surface area contributed by atoms with Crippen molar-refractivity contribution in [2.24, 2.45) is 17.8 Å². The lowest BCUT2D eigenvalue weighted by atomic mass is 9.86. The largest absolute Gasteiger partial charge is 0.458 e. The third-order valence-electron chi connectivity index (χ3n) is 5.01. The van der Waals surface area contributed by atoms with Crippen molar-refractivity contribution >= 4 is 27.5 Å². The van der Waals surface area contributed by atoms with Crippen LogP contribution in [0.4, 0.5) is 0 Å². The van der Waals surface area contributed by atoms with Crippen molar-refractivity contribution in [2.45, 2.75) is 38.7 Å². The van der Waals surface area contributed by atoms with E-state index in [4.69, 9.17) is 4.74 Å². The molecule has 3 nitrogen and oxygen atoms in total. The molecular weight excluding hydrogens is 282 g/mol. The fourth-order valence-electron chi connectivity index (χ4n) is 4.02. The smallest absolute Gasteiger partial charge is 0.306 e. The van der Waals surface area contributed by atoms with Crippen LogP contribution in [0.1, 0.15) is 37.1 Å². The van der Waals surface area contributed by atoms with Crippen molar-refractivity contribution in [1.82, 2.24) is 4.98 Å². The molecule has 2 saturated carbocycles. The third kappa shape index (κ3) is 2.69. The van der Waals surface area contributed by atoms with Gasteiger partial charge in [-0.05, 0) is 49.1 Å². The van der Waals surface area contributed by atoms with E-state index in [1.165, 1.54) is 25.7 Å². The molecule has 2 aromatic rings. The Kier molecular flexibility index (Phi) is 3.42. The summed E-state index contributed by atoms with van der Waals surface area (Å²) in [6, 6.07) is 8.03. The standard InChI is InChI=1S/C17H19NO2S/c19-17(9-13-8-11-5-6-12(13)7-11)20-10-16-18-14-3-1-2-4-15(14)21-16/h1-4,11-13H,5-10H2. The zero-order valence-corrected chi connectivity index (χ0v) is 12.8. The fraction of sp³-hybridized carbons (Fsp3) is 0.529. The highest BCUT2D eigenvalue weighted by Gasteiger charge is 2.40. The quantitative estimate of drug-likeness (QED) is 0.796. The lowest BCUT2D eigenvalue weighted by Gasteiger charge is -2.20. The highest BCUT2D eigenvalue weighted by atomic mass is 32.1. The van der Waals surface area contributed by atoms with Crippen molar-refractivity contribution in [3.8, 4) is 0 Å². The molecule has 1 aromatic heterocycles. The predicted molar refractivity (Wildman–Crippen MR) is 83.0 cm³/mol. The number of thiazole rings is 1. The summed E-state index contributed by atoms with van der Waals surface area (Å²) >= 11 is 1.61. The van der Waals surface area contributed by atoms with E-state index in [1.54, 1.807) is 11.3 Å². The Labute approximate surface area is 128 Å². The number of carbonyl (C=O) groups excluding carboxylic acids is 1. The van der Waals surface area contributed by atoms with Crippen molar-refractivity contribution in [2.75, 3.05) is 0 Å². The van der Waals surface area contributed by atoms with Crippen LogP contribution in [-0.4, -0.2) is 11.0 Å². The minimum atomic E-state index is -0.0493. The number of carbonyl (C=O) groups is 1. The Morgan fingerprint density at radius 2 is 2.19 bits per heavy atom. The molecule has 1 heterocycles. The zero-order valence-electron chi connectivity index (χ0n) is 12.0. The highest BCUT2D eigenvalue weighted by molar-refractivity contribution is 7.18. The van der Waals surface area contributed by atoms with E-state index >= 15 is 0 Å². The van der Waals surface area contributed by atoms with Gasteiger partial charge in [-0.15, -0.1) is 11.3 Å². The summed E-state index contributed by atoms with van der Waals surface area (Å²) < 4.78 is 6.59. The Hall–Kier alpha value is -1.42. The van der Waals surface area contributed by atoms with Gasteiger partial charge in [-0.25, -0.2) is 4.98 Å². The van der Waals surface area contributed by atoms with E-state index in [0.717, 1.165) is 27.1 Å². The average Bonchev–Trinajstić information content (AvgIpc) is 3.19. The van der Waals surface area contributed by atoms with Gasteiger partial charge in [0.15, 0.2) is 0 Å². The van der Waals surface area contributed by atoms with Crippen LogP contribution in [0.25, 0.3) is 10.2 Å². The summed E-state index contributed by atoms with van der Waals surface area (Å²) in [7, 11) is 0. The molecule has 3 unspecified atom stereocenters. The van der Waals surface area contributed by atoms with E-state index in [2.05, 4.69) is 4.98 Å². The van der Waals surface area contributed by atoms with Crippen LogP contribution in [0.15, 0.2) is 24.3 Å². The van der Waals surface area contributed by atoms with Crippen LogP contribution in [0.2, 0.25) is 0 Å². The van der Waals surface area contributed by atoms with Gasteiger partial charge in [0.05, 0.1) is 10.2 Å². The van der Waals surface area contributed by atoms with Crippen molar-refractivity contribution in [3.05, 3.63) is 29.3 Å². The van der Waals surface area contributed by atoms with Crippen LogP contribution in [-0.2, 0) is 16.1 Å². The van der Waals surface area contributed by atoms with Gasteiger partial charge < -0.3 is 4.74 Å². The molecule has 2 aliphatic carbocycles. The molecule has 21 heavy (non-hydrogen) atoms. The number of hydrogen-bond acceptors (Lipinski definition) is 4. The van der Waals surface area contributed by atoms with E-state index in [-0.39, 0.29) is 5.97 Å². The number of para-hydroxylation sites is 1. The molecule has 110 valence electrons. The summed E-state index contributed by atoms with van der Waals surface area (Å²) in [5, 5.41) is 0.887. The molecule has 0 radical (unpaired) electrons. The Morgan fingerprint density at radius 3 is 2.95 bits per heavy atom. The lowest BCUT2D eigenvalue weighted by molar-refractivity contribution is -0.146. The first kappa shape index (κ1) is 13.3. The van der Waals surface area contributed by atoms with Crippen LogP contribution < -0.4 is 0 Å². The monoisotopic (exact) mass is 301 g/mol. The molecule has 2 fully saturated rings. The molecule has 4 rings (SSSR count). The first-order valence-corrected chi connectivity index (χ1v) is 8.59. The Bertz CT molecular complexity index is 633. The topological polar surface area (TPSA) is 39.2 Å². The number of rotatable bonds is 4. The van der Waals surface area contributed by atoms with Gasteiger partial charge in [-0.3, -0.25) is 4.79 Å². The third-order valence-corrected chi connectivity index (χ3v) is 6.02. The number of fused-ring (bicyclic) bond motifs is 3. The van der Waals surface area contributed by atoms with Crippen molar-refractivity contribution in [3.63, 3.8) is 0 Å². The van der Waals surface area contributed by atoms with E-state index in [1.807, 2.05) is 24.3 Å². The molecule has 2 aliphatic rings. The average molecular weight is 301 g/mol. The molecule has 0 N–H and O–H groups in total. The minimum Gasteiger partial charge on any atom is -0.458 e. The maximum atomic E-state index is 12.0. The SMILES string of the molecule is O=C(CC1CC2CCC1C2)OCc1nc2ccccc2s1. The van der Waals surface area contributed by atoms with Crippen LogP contribution in [0.5, 0.6) is 0 Å². The summed E-state index contributed by atoms with van der Waals surface area (Å²) in [6.45, 7) is 0.318. The van der Waals surface area contributed by atoms with E-state index in [0.29, 0.717) is 18.9 Å². The van der Waals surface area contributed by atoms with Gasteiger partial charge in [0.2, 0.25) is 0 Å². The normalized spacial score (nSPS) is 27.3. The summed E-state index contributed by atoms with van der Waals surface area (Å²) in [6.07, 6.45) is 5.88. The number of esters is 1.